The van der Waals surface area contributed by atoms with Gasteiger partial charge in [0.2, 0.25) is 0 Å². The number of aryl methyl sites for hydroxylation is 4. The predicted molar refractivity (Wildman–Crippen MR) is 123 cm³/mol. The number of fused-ring (bicyclic) bond motifs is 2. The van der Waals surface area contributed by atoms with Gasteiger partial charge in [0.05, 0.1) is 0 Å². The third kappa shape index (κ3) is 3.58. The zero-order chi connectivity index (χ0) is 20.5. The maximum atomic E-state index is 2.61. The van der Waals surface area contributed by atoms with E-state index in [2.05, 4.69) is 78.0 Å². The molecule has 2 aliphatic carbocycles. The van der Waals surface area contributed by atoms with E-state index in [9.17, 15) is 0 Å². The zero-order valence-electron chi connectivity index (χ0n) is 19.7. The minimum atomic E-state index is -2.63. The summed E-state index contributed by atoms with van der Waals surface area (Å²) in [6.45, 7) is 14.2. The Balaban J connectivity index is 0.00000136. The van der Waals surface area contributed by atoms with Crippen molar-refractivity contribution in [2.24, 2.45) is 0 Å². The quantitative estimate of drug-likeness (QED) is 0.462. The van der Waals surface area contributed by atoms with Gasteiger partial charge in [-0.15, -0.1) is 0 Å². The van der Waals surface area contributed by atoms with E-state index in [0.29, 0.717) is 0 Å². The summed E-state index contributed by atoms with van der Waals surface area (Å²) >= 11 is -2.63. The maximum Gasteiger partial charge on any atom is -1.00 e. The largest absolute Gasteiger partial charge is 1.00 e. The Morgan fingerprint density at radius 3 is 1.32 bits per heavy atom. The van der Waals surface area contributed by atoms with Crippen LogP contribution in [0, 0.1) is 27.7 Å². The first-order chi connectivity index (χ1) is 13.9. The van der Waals surface area contributed by atoms with E-state index >= 15 is 0 Å². The molecule has 1 saturated heterocycles. The maximum absolute atomic E-state index is 2.63. The van der Waals surface area contributed by atoms with Crippen molar-refractivity contribution in [1.82, 2.24) is 0 Å². The Morgan fingerprint density at radius 2 is 1.00 bits per heavy atom. The minimum absolute atomic E-state index is 0. The fourth-order valence-corrected chi connectivity index (χ4v) is 35.7. The first kappa shape index (κ1) is 25.0. The van der Waals surface area contributed by atoms with Gasteiger partial charge in [0, 0.05) is 0 Å². The number of rotatable bonds is 4. The second kappa shape index (κ2) is 8.96. The van der Waals surface area contributed by atoms with Gasteiger partial charge in [-0.1, -0.05) is 0 Å². The monoisotopic (exact) mass is 620 g/mol. The van der Waals surface area contributed by atoms with Crippen molar-refractivity contribution in [3.05, 3.63) is 79.9 Å². The van der Waals surface area contributed by atoms with Gasteiger partial charge in [0.1, 0.15) is 0 Å². The van der Waals surface area contributed by atoms with Crippen LogP contribution in [0.5, 0.6) is 0 Å². The molecule has 0 N–H and O–H groups in total. The standard InChI is InChI=1S/2C13H15.C2H4.2ClH.Hf/c2*1-4-11-7-12-9(2)5-6-10(3)13(12)8-11;1-2;;;/h2*5-8H,4H2,1-3H3;1-2H2;2*1H;/q;;;;;+2/p-2. The first-order valence-corrected chi connectivity index (χ1v) is 20.8. The van der Waals surface area contributed by atoms with Crippen LogP contribution in [0.1, 0.15) is 78.5 Å². The fourth-order valence-electron chi connectivity index (χ4n) is 6.58. The van der Waals surface area contributed by atoms with Crippen molar-refractivity contribution in [3.63, 3.8) is 0 Å². The number of hydrogen-bond donors (Lipinski definition) is 0. The molecular weight excluding hydrogens is 586 g/mol. The van der Waals surface area contributed by atoms with E-state index in [4.69, 9.17) is 0 Å². The summed E-state index contributed by atoms with van der Waals surface area (Å²) in [5, 5.41) is 0. The second-order valence-corrected chi connectivity index (χ2v) is 26.4. The van der Waals surface area contributed by atoms with Crippen molar-refractivity contribution in [2.45, 2.75) is 70.1 Å². The zero-order valence-corrected chi connectivity index (χ0v) is 24.8. The van der Waals surface area contributed by atoms with Gasteiger partial charge in [-0.05, 0) is 0 Å². The van der Waals surface area contributed by atoms with Crippen molar-refractivity contribution >= 4 is 12.2 Å². The van der Waals surface area contributed by atoms with E-state index in [1.807, 2.05) is 0 Å². The molecule has 1 aliphatic heterocycles. The van der Waals surface area contributed by atoms with Crippen LogP contribution in [-0.2, 0) is 20.0 Å². The van der Waals surface area contributed by atoms with Crippen LogP contribution in [0.15, 0.2) is 35.4 Å². The van der Waals surface area contributed by atoms with Gasteiger partial charge < -0.3 is 24.8 Å². The summed E-state index contributed by atoms with van der Waals surface area (Å²) < 4.78 is 4.79. The fraction of sp³-hybridized carbons (Fsp3) is 0.429. The molecule has 2 unspecified atom stereocenters. The van der Waals surface area contributed by atoms with Crippen LogP contribution < -0.4 is 24.8 Å². The summed E-state index contributed by atoms with van der Waals surface area (Å²) in [7, 11) is 0. The molecule has 3 heteroatoms. The number of halogens is 2. The summed E-state index contributed by atoms with van der Waals surface area (Å²) in [6.07, 6.45) is 7.66. The van der Waals surface area contributed by atoms with Gasteiger partial charge in [0.25, 0.3) is 0 Å². The Hall–Kier alpha value is -0.630. The molecular formula is C28H34Cl2Hf. The molecule has 2 aromatic rings. The van der Waals surface area contributed by atoms with Gasteiger partial charge in [-0.2, -0.15) is 0 Å². The molecule has 164 valence electrons. The summed E-state index contributed by atoms with van der Waals surface area (Å²) in [6, 6.07) is 9.47. The van der Waals surface area contributed by atoms with Gasteiger partial charge in [-0.3, -0.25) is 0 Å². The average molecular weight is 620 g/mol. The predicted octanol–water partition coefficient (Wildman–Crippen LogP) is 2.33. The molecule has 0 saturated carbocycles. The van der Waals surface area contributed by atoms with Crippen LogP contribution in [0.2, 0.25) is 8.35 Å². The smallest absolute Gasteiger partial charge is 1.00 e. The van der Waals surface area contributed by atoms with Gasteiger partial charge in [-0.25, -0.2) is 0 Å². The van der Waals surface area contributed by atoms with Crippen LogP contribution >= 0.6 is 0 Å². The van der Waals surface area contributed by atoms with E-state index in [0.717, 1.165) is 7.35 Å². The molecule has 3 aliphatic rings. The van der Waals surface area contributed by atoms with E-state index in [1.54, 1.807) is 52.9 Å². The second-order valence-electron chi connectivity index (χ2n) is 9.80. The molecule has 0 amide bonds. The Kier molecular flexibility index (Phi) is 7.22. The van der Waals surface area contributed by atoms with Crippen LogP contribution in [0.4, 0.5) is 0 Å². The molecule has 0 spiro atoms. The molecule has 1 fully saturated rings. The van der Waals surface area contributed by atoms with Gasteiger partial charge in [0.15, 0.2) is 0 Å². The molecule has 0 bridgehead atoms. The average Bonchev–Trinajstić information content (AvgIpc) is 3.23. The van der Waals surface area contributed by atoms with E-state index in [-0.39, 0.29) is 24.8 Å². The third-order valence-corrected chi connectivity index (χ3v) is 27.2. The SMILES string of the molecule is CCC1=Cc2c(C)ccc(C)c2[CH]1[Hf+2]1([CH]2C(CC)=Cc3c(C)ccc(C)c32)[CH2][CH2]1.[Cl-].[Cl-]. The normalized spacial score (nSPS) is 21.0. The Morgan fingerprint density at radius 1 is 0.645 bits per heavy atom. The minimum Gasteiger partial charge on any atom is -1.00 e. The van der Waals surface area contributed by atoms with Crippen LogP contribution in [-0.4, -0.2) is 0 Å². The first-order valence-electron chi connectivity index (χ1n) is 11.5. The topological polar surface area (TPSA) is 0 Å². The molecule has 2 atom stereocenters. The molecule has 0 nitrogen and oxygen atoms in total. The Labute approximate surface area is 205 Å². The van der Waals surface area contributed by atoms with Crippen molar-refractivity contribution < 1.29 is 44.8 Å². The molecule has 5 rings (SSSR count). The molecule has 0 aromatic heterocycles. The Bertz CT molecular complexity index is 1010. The number of allylic oxidation sites excluding steroid dienone is 2. The molecule has 31 heavy (non-hydrogen) atoms. The van der Waals surface area contributed by atoms with E-state index in [1.165, 1.54) is 24.0 Å². The van der Waals surface area contributed by atoms with Gasteiger partial charge >= 0.3 is 182 Å². The van der Waals surface area contributed by atoms with Crippen molar-refractivity contribution in [1.29, 1.82) is 0 Å². The van der Waals surface area contributed by atoms with Crippen molar-refractivity contribution in [2.75, 3.05) is 0 Å². The molecule has 1 heterocycles. The summed E-state index contributed by atoms with van der Waals surface area (Å²) in [5.74, 6) is 0. The number of benzene rings is 2. The third-order valence-electron chi connectivity index (χ3n) is 8.22. The summed E-state index contributed by atoms with van der Waals surface area (Å²) in [5.41, 5.74) is 16.2. The molecule has 2 aromatic carbocycles. The van der Waals surface area contributed by atoms with Crippen molar-refractivity contribution in [3.8, 4) is 0 Å². The molecule has 0 radical (unpaired) electrons. The summed E-state index contributed by atoms with van der Waals surface area (Å²) in [4.78, 5) is 0. The number of hydrogen-bond acceptors (Lipinski definition) is 0. The van der Waals surface area contributed by atoms with Crippen LogP contribution in [0.25, 0.3) is 12.2 Å². The van der Waals surface area contributed by atoms with Crippen LogP contribution in [0.3, 0.4) is 0 Å². The van der Waals surface area contributed by atoms with E-state index < -0.39 is 20.0 Å².